The van der Waals surface area contributed by atoms with Gasteiger partial charge >= 0.3 is 0 Å². The van der Waals surface area contributed by atoms with E-state index in [1.807, 2.05) is 24.3 Å². The van der Waals surface area contributed by atoms with E-state index < -0.39 is 0 Å². The van der Waals surface area contributed by atoms with E-state index in [4.69, 9.17) is 25.8 Å². The average molecular weight is 285 g/mol. The van der Waals surface area contributed by atoms with Crippen molar-refractivity contribution >= 4 is 11.6 Å². The van der Waals surface area contributed by atoms with Gasteiger partial charge in [-0.3, -0.25) is 0 Å². The van der Waals surface area contributed by atoms with Crippen LogP contribution in [0.4, 0.5) is 0 Å². The number of alkyl halides is 1. The molecule has 4 heteroatoms. The molecule has 2 atom stereocenters. The lowest BCUT2D eigenvalue weighted by molar-refractivity contribution is 0.0618. The molecule has 3 nitrogen and oxygen atoms in total. The molecule has 0 aromatic heterocycles. The fourth-order valence-corrected chi connectivity index (χ4v) is 2.98. The highest BCUT2D eigenvalue weighted by Gasteiger charge is 2.40. The lowest BCUT2D eigenvalue weighted by Gasteiger charge is -2.29. The van der Waals surface area contributed by atoms with E-state index in [2.05, 4.69) is 6.92 Å². The van der Waals surface area contributed by atoms with Crippen LogP contribution in [0.25, 0.3) is 0 Å². The summed E-state index contributed by atoms with van der Waals surface area (Å²) in [4.78, 5) is 0. The Hall–Kier alpha value is -0.930. The number of benzene rings is 1. The van der Waals surface area contributed by atoms with E-state index in [1.165, 1.54) is 0 Å². The molecule has 0 amide bonds. The Morgan fingerprint density at radius 2 is 2.11 bits per heavy atom. The first-order valence-electron chi connectivity index (χ1n) is 6.65. The molecule has 0 radical (unpaired) electrons. The number of ether oxygens (including phenoxy) is 3. The highest BCUT2D eigenvalue weighted by atomic mass is 35.5. The van der Waals surface area contributed by atoms with E-state index in [0.717, 1.165) is 30.9 Å². The molecule has 1 aliphatic rings. The van der Waals surface area contributed by atoms with Crippen LogP contribution < -0.4 is 9.47 Å². The van der Waals surface area contributed by atoms with Gasteiger partial charge in [0.05, 0.1) is 19.8 Å². The largest absolute Gasteiger partial charge is 0.493 e. The maximum Gasteiger partial charge on any atom is 0.161 e. The van der Waals surface area contributed by atoms with Crippen molar-refractivity contribution in [3.8, 4) is 11.5 Å². The molecule has 0 saturated carbocycles. The zero-order chi connectivity index (χ0) is 13.7. The number of rotatable bonds is 6. The second-order valence-corrected chi connectivity index (χ2v) is 5.28. The lowest BCUT2D eigenvalue weighted by Crippen LogP contribution is -2.32. The van der Waals surface area contributed by atoms with Crippen LogP contribution in [0.1, 0.15) is 19.8 Å². The van der Waals surface area contributed by atoms with Crippen molar-refractivity contribution in [3.05, 3.63) is 24.3 Å². The summed E-state index contributed by atoms with van der Waals surface area (Å²) >= 11 is 6.14. The van der Waals surface area contributed by atoms with Gasteiger partial charge in [-0.25, -0.2) is 0 Å². The number of hydrogen-bond donors (Lipinski definition) is 0. The van der Waals surface area contributed by atoms with Crippen molar-refractivity contribution in [2.75, 3.05) is 26.2 Å². The summed E-state index contributed by atoms with van der Waals surface area (Å²) in [7, 11) is 1.65. The molecule has 0 bridgehead atoms. The van der Waals surface area contributed by atoms with Crippen LogP contribution in [0, 0.1) is 5.41 Å². The standard InChI is InChI=1S/C15H21ClO3/c1-12-15(11-16,7-9-18-12)8-10-19-14-6-4-3-5-13(14)17-2/h3-6,12H,7-11H2,1-2H3. The van der Waals surface area contributed by atoms with Gasteiger partial charge in [0.15, 0.2) is 11.5 Å². The summed E-state index contributed by atoms with van der Waals surface area (Å²) < 4.78 is 16.7. The number of methoxy groups -OCH3 is 1. The van der Waals surface area contributed by atoms with Gasteiger partial charge in [-0.05, 0) is 31.9 Å². The fraction of sp³-hybridized carbons (Fsp3) is 0.600. The summed E-state index contributed by atoms with van der Waals surface area (Å²) in [5, 5.41) is 0. The van der Waals surface area contributed by atoms with E-state index in [-0.39, 0.29) is 11.5 Å². The molecule has 0 aliphatic carbocycles. The van der Waals surface area contributed by atoms with Crippen LogP contribution in [-0.2, 0) is 4.74 Å². The quantitative estimate of drug-likeness (QED) is 0.748. The molecule has 1 aliphatic heterocycles. The van der Waals surface area contributed by atoms with E-state index in [0.29, 0.717) is 12.5 Å². The zero-order valence-electron chi connectivity index (χ0n) is 11.5. The lowest BCUT2D eigenvalue weighted by atomic mass is 9.81. The smallest absolute Gasteiger partial charge is 0.161 e. The first-order valence-corrected chi connectivity index (χ1v) is 7.19. The number of hydrogen-bond acceptors (Lipinski definition) is 3. The van der Waals surface area contributed by atoms with Crippen molar-refractivity contribution in [1.29, 1.82) is 0 Å². The average Bonchev–Trinajstić information content (AvgIpc) is 2.81. The molecule has 19 heavy (non-hydrogen) atoms. The monoisotopic (exact) mass is 284 g/mol. The zero-order valence-corrected chi connectivity index (χ0v) is 12.3. The van der Waals surface area contributed by atoms with Gasteiger partial charge in [0.2, 0.25) is 0 Å². The molecule has 2 unspecified atom stereocenters. The molecule has 2 rings (SSSR count). The van der Waals surface area contributed by atoms with Crippen LogP contribution in [-0.4, -0.2) is 32.3 Å². The first kappa shape index (κ1) is 14.5. The highest BCUT2D eigenvalue weighted by molar-refractivity contribution is 6.18. The minimum atomic E-state index is 0.0452. The summed E-state index contributed by atoms with van der Waals surface area (Å²) in [6.45, 7) is 3.52. The van der Waals surface area contributed by atoms with Gasteiger partial charge in [-0.2, -0.15) is 0 Å². The Morgan fingerprint density at radius 1 is 1.37 bits per heavy atom. The number of halogens is 1. The molecule has 1 aromatic carbocycles. The third-order valence-corrected chi connectivity index (χ3v) is 4.56. The summed E-state index contributed by atoms with van der Waals surface area (Å²) in [5.74, 6) is 2.16. The van der Waals surface area contributed by atoms with Gasteiger partial charge in [0, 0.05) is 17.9 Å². The molecule has 1 saturated heterocycles. The Kier molecular flexibility index (Phi) is 4.94. The van der Waals surface area contributed by atoms with Gasteiger partial charge in [0.1, 0.15) is 0 Å². The summed E-state index contributed by atoms with van der Waals surface area (Å²) in [6.07, 6.45) is 2.11. The highest BCUT2D eigenvalue weighted by Crippen LogP contribution is 2.39. The van der Waals surface area contributed by atoms with Crippen LogP contribution in [0.5, 0.6) is 11.5 Å². The fourth-order valence-electron chi connectivity index (χ4n) is 2.49. The predicted octanol–water partition coefficient (Wildman–Crippen LogP) is 3.50. The van der Waals surface area contributed by atoms with Gasteiger partial charge in [-0.1, -0.05) is 12.1 Å². The molecule has 0 spiro atoms. The predicted molar refractivity (Wildman–Crippen MR) is 76.3 cm³/mol. The molecule has 1 aromatic rings. The van der Waals surface area contributed by atoms with Crippen molar-refractivity contribution in [3.63, 3.8) is 0 Å². The first-order chi connectivity index (χ1) is 9.22. The topological polar surface area (TPSA) is 27.7 Å². The van der Waals surface area contributed by atoms with Crippen LogP contribution in [0.2, 0.25) is 0 Å². The van der Waals surface area contributed by atoms with Crippen molar-refractivity contribution in [2.24, 2.45) is 5.41 Å². The van der Waals surface area contributed by atoms with Crippen LogP contribution >= 0.6 is 11.6 Å². The van der Waals surface area contributed by atoms with Crippen molar-refractivity contribution < 1.29 is 14.2 Å². The van der Waals surface area contributed by atoms with Crippen molar-refractivity contribution in [1.82, 2.24) is 0 Å². The molecule has 1 heterocycles. The Balaban J connectivity index is 1.92. The number of para-hydroxylation sites is 2. The minimum absolute atomic E-state index is 0.0452. The maximum atomic E-state index is 6.14. The van der Waals surface area contributed by atoms with E-state index >= 15 is 0 Å². The summed E-state index contributed by atoms with van der Waals surface area (Å²) in [5.41, 5.74) is 0.0452. The minimum Gasteiger partial charge on any atom is -0.493 e. The SMILES string of the molecule is COc1ccccc1OCCC1(CCl)CCOC1C. The molecular formula is C15H21ClO3. The third kappa shape index (κ3) is 3.15. The summed E-state index contributed by atoms with van der Waals surface area (Å²) in [6, 6.07) is 7.68. The molecule has 1 fully saturated rings. The third-order valence-electron chi connectivity index (χ3n) is 4.02. The van der Waals surface area contributed by atoms with Gasteiger partial charge < -0.3 is 14.2 Å². The van der Waals surface area contributed by atoms with Crippen LogP contribution in [0.3, 0.4) is 0 Å². The van der Waals surface area contributed by atoms with E-state index in [1.54, 1.807) is 7.11 Å². The van der Waals surface area contributed by atoms with Crippen molar-refractivity contribution in [2.45, 2.75) is 25.9 Å². The second kappa shape index (κ2) is 6.49. The Morgan fingerprint density at radius 3 is 2.68 bits per heavy atom. The maximum absolute atomic E-state index is 6.14. The van der Waals surface area contributed by atoms with Crippen LogP contribution in [0.15, 0.2) is 24.3 Å². The normalized spacial score (nSPS) is 26.4. The molecule has 106 valence electrons. The Labute approximate surface area is 119 Å². The van der Waals surface area contributed by atoms with Gasteiger partial charge in [-0.15, -0.1) is 11.6 Å². The van der Waals surface area contributed by atoms with Gasteiger partial charge in [0.25, 0.3) is 0 Å². The second-order valence-electron chi connectivity index (χ2n) is 5.01. The molecule has 0 N–H and O–H groups in total. The molecular weight excluding hydrogens is 264 g/mol. The Bertz CT molecular complexity index is 410. The van der Waals surface area contributed by atoms with E-state index in [9.17, 15) is 0 Å².